The maximum Gasteiger partial charge on any atom is 0.310 e. The SMILES string of the molecule is CSc1nnc(C(F)F)n1/N=C\c1ccc(COc2ccccc2[N+](=O)[O-])o1. The van der Waals surface area contributed by atoms with Crippen molar-refractivity contribution in [3.63, 3.8) is 0 Å². The van der Waals surface area contributed by atoms with Crippen molar-refractivity contribution in [3.8, 4) is 5.75 Å². The van der Waals surface area contributed by atoms with E-state index in [1.54, 1.807) is 24.5 Å². The first-order valence-electron chi connectivity index (χ1n) is 7.76. The van der Waals surface area contributed by atoms with Crippen LogP contribution in [0.5, 0.6) is 5.75 Å². The van der Waals surface area contributed by atoms with Gasteiger partial charge in [0.15, 0.2) is 5.75 Å². The van der Waals surface area contributed by atoms with Crippen molar-refractivity contribution in [1.82, 2.24) is 14.9 Å². The largest absolute Gasteiger partial charge is 0.479 e. The molecular formula is C16H13F2N5O4S. The molecule has 0 bridgehead atoms. The Morgan fingerprint density at radius 3 is 2.86 bits per heavy atom. The van der Waals surface area contributed by atoms with Gasteiger partial charge in [0.25, 0.3) is 6.43 Å². The van der Waals surface area contributed by atoms with Gasteiger partial charge in [-0.15, -0.1) is 10.2 Å². The van der Waals surface area contributed by atoms with Crippen LogP contribution >= 0.6 is 11.8 Å². The summed E-state index contributed by atoms with van der Waals surface area (Å²) in [6.07, 6.45) is 0.0765. The number of alkyl halides is 2. The molecule has 146 valence electrons. The van der Waals surface area contributed by atoms with Gasteiger partial charge in [0, 0.05) is 6.07 Å². The fourth-order valence-electron chi connectivity index (χ4n) is 2.18. The van der Waals surface area contributed by atoms with Crippen LogP contribution in [0.25, 0.3) is 0 Å². The lowest BCUT2D eigenvalue weighted by Gasteiger charge is -2.04. The minimum absolute atomic E-state index is 0.0519. The Morgan fingerprint density at radius 1 is 1.36 bits per heavy atom. The molecule has 0 N–H and O–H groups in total. The number of nitro benzene ring substituents is 1. The molecule has 0 aliphatic rings. The normalized spacial score (nSPS) is 11.4. The lowest BCUT2D eigenvalue weighted by molar-refractivity contribution is -0.386. The number of hydrogen-bond acceptors (Lipinski definition) is 8. The number of rotatable bonds is 8. The van der Waals surface area contributed by atoms with Crippen molar-refractivity contribution < 1.29 is 22.9 Å². The van der Waals surface area contributed by atoms with E-state index in [1.807, 2.05) is 0 Å². The summed E-state index contributed by atoms with van der Waals surface area (Å²) in [5.41, 5.74) is -0.160. The van der Waals surface area contributed by atoms with Gasteiger partial charge in [-0.3, -0.25) is 10.1 Å². The zero-order valence-corrected chi connectivity index (χ0v) is 15.2. The molecule has 1 aromatic carbocycles. The molecule has 3 aromatic rings. The number of ether oxygens (including phenoxy) is 1. The predicted molar refractivity (Wildman–Crippen MR) is 95.9 cm³/mol. The van der Waals surface area contributed by atoms with Crippen LogP contribution in [0.2, 0.25) is 0 Å². The van der Waals surface area contributed by atoms with Crippen molar-refractivity contribution in [2.75, 3.05) is 6.26 Å². The van der Waals surface area contributed by atoms with E-state index in [1.165, 1.54) is 24.4 Å². The van der Waals surface area contributed by atoms with Crippen LogP contribution in [0.15, 0.2) is 51.1 Å². The third kappa shape index (κ3) is 4.34. The summed E-state index contributed by atoms with van der Waals surface area (Å²) in [5, 5.41) is 22.2. The highest BCUT2D eigenvalue weighted by atomic mass is 32.2. The molecule has 0 fully saturated rings. The summed E-state index contributed by atoms with van der Waals surface area (Å²) in [6, 6.07) is 9.11. The van der Waals surface area contributed by atoms with Crippen molar-refractivity contribution in [2.24, 2.45) is 5.10 Å². The number of furan rings is 1. The number of para-hydroxylation sites is 2. The molecule has 2 aromatic heterocycles. The average molecular weight is 409 g/mol. The highest BCUT2D eigenvalue weighted by molar-refractivity contribution is 7.98. The van der Waals surface area contributed by atoms with E-state index in [9.17, 15) is 18.9 Å². The van der Waals surface area contributed by atoms with Gasteiger partial charge >= 0.3 is 5.69 Å². The molecule has 9 nitrogen and oxygen atoms in total. The first-order chi connectivity index (χ1) is 13.5. The summed E-state index contributed by atoms with van der Waals surface area (Å²) in [4.78, 5) is 10.4. The molecule has 0 radical (unpaired) electrons. The Labute approximate surface area is 161 Å². The van der Waals surface area contributed by atoms with E-state index in [2.05, 4.69) is 15.3 Å². The fourth-order valence-corrected chi connectivity index (χ4v) is 2.62. The maximum absolute atomic E-state index is 13.0. The third-order valence-corrected chi connectivity index (χ3v) is 4.05. The molecule has 0 saturated heterocycles. The number of hydrogen-bond donors (Lipinski definition) is 0. The van der Waals surface area contributed by atoms with E-state index in [0.717, 1.165) is 16.4 Å². The lowest BCUT2D eigenvalue weighted by Crippen LogP contribution is -2.00. The summed E-state index contributed by atoms with van der Waals surface area (Å²) >= 11 is 1.12. The zero-order valence-electron chi connectivity index (χ0n) is 14.4. The maximum atomic E-state index is 13.0. The standard InChI is InChI=1S/C16H13F2N5O4S/c1-28-16-21-20-15(14(17)18)22(16)19-8-10-6-7-11(27-10)9-26-13-5-3-2-4-12(13)23(24)25/h2-8,14H,9H2,1H3/b19-8-. The molecule has 3 rings (SSSR count). The van der Waals surface area contributed by atoms with Crippen molar-refractivity contribution in [1.29, 1.82) is 0 Å². The van der Waals surface area contributed by atoms with Crippen LogP contribution in [0.1, 0.15) is 23.8 Å². The van der Waals surface area contributed by atoms with Gasteiger partial charge in [-0.1, -0.05) is 23.9 Å². The molecule has 0 saturated carbocycles. The molecule has 28 heavy (non-hydrogen) atoms. The first kappa shape index (κ1) is 19.5. The number of aromatic nitrogens is 3. The van der Waals surface area contributed by atoms with E-state index in [-0.39, 0.29) is 29.0 Å². The van der Waals surface area contributed by atoms with Crippen LogP contribution in [0.3, 0.4) is 0 Å². The first-order valence-corrected chi connectivity index (χ1v) is 8.98. The monoisotopic (exact) mass is 409 g/mol. The number of nitrogens with zero attached hydrogens (tertiary/aromatic N) is 5. The second-order valence-electron chi connectivity index (χ2n) is 5.22. The van der Waals surface area contributed by atoms with Crippen LogP contribution in [0, 0.1) is 10.1 Å². The lowest BCUT2D eigenvalue weighted by atomic mass is 10.3. The number of benzene rings is 1. The van der Waals surface area contributed by atoms with Gasteiger partial charge in [-0.25, -0.2) is 8.78 Å². The molecule has 0 spiro atoms. The second kappa shape index (κ2) is 8.61. The highest BCUT2D eigenvalue weighted by Crippen LogP contribution is 2.27. The van der Waals surface area contributed by atoms with Gasteiger partial charge in [-0.2, -0.15) is 9.78 Å². The van der Waals surface area contributed by atoms with Gasteiger partial charge in [0.1, 0.15) is 18.1 Å². The molecule has 0 unspecified atom stereocenters. The topological polar surface area (TPSA) is 109 Å². The molecule has 0 aliphatic heterocycles. The Morgan fingerprint density at radius 2 is 2.14 bits per heavy atom. The van der Waals surface area contributed by atoms with Gasteiger partial charge < -0.3 is 9.15 Å². The Hall–Kier alpha value is -3.28. The summed E-state index contributed by atoms with van der Waals surface area (Å²) in [5.74, 6) is 0.187. The average Bonchev–Trinajstić information content (AvgIpc) is 3.31. The predicted octanol–water partition coefficient (Wildman–Crippen LogP) is 3.90. The second-order valence-corrected chi connectivity index (χ2v) is 5.99. The zero-order chi connectivity index (χ0) is 20.1. The van der Waals surface area contributed by atoms with Crippen molar-refractivity contribution >= 4 is 23.7 Å². The highest BCUT2D eigenvalue weighted by Gasteiger charge is 2.19. The van der Waals surface area contributed by atoms with Crippen LogP contribution in [-0.4, -0.2) is 32.3 Å². The van der Waals surface area contributed by atoms with Crippen LogP contribution in [0.4, 0.5) is 14.5 Å². The van der Waals surface area contributed by atoms with Crippen molar-refractivity contribution in [3.05, 3.63) is 63.9 Å². The van der Waals surface area contributed by atoms with Gasteiger partial charge in [0.2, 0.25) is 11.0 Å². The Bertz CT molecular complexity index is 1000. The molecule has 12 heteroatoms. The smallest absolute Gasteiger partial charge is 0.310 e. The number of halogens is 2. The summed E-state index contributed by atoms with van der Waals surface area (Å²) in [7, 11) is 0. The minimum Gasteiger partial charge on any atom is -0.479 e. The van der Waals surface area contributed by atoms with E-state index < -0.39 is 17.2 Å². The van der Waals surface area contributed by atoms with Crippen molar-refractivity contribution in [2.45, 2.75) is 18.2 Å². The molecule has 2 heterocycles. The molecule has 0 amide bonds. The van der Waals surface area contributed by atoms with E-state index >= 15 is 0 Å². The van der Waals surface area contributed by atoms with Crippen LogP contribution < -0.4 is 4.74 Å². The number of thioether (sulfide) groups is 1. The quantitative estimate of drug-likeness (QED) is 0.240. The Balaban J connectivity index is 1.71. The van der Waals surface area contributed by atoms with Crippen LogP contribution in [-0.2, 0) is 6.61 Å². The third-order valence-electron chi connectivity index (χ3n) is 3.43. The van der Waals surface area contributed by atoms with E-state index in [0.29, 0.717) is 5.76 Å². The van der Waals surface area contributed by atoms with E-state index in [4.69, 9.17) is 9.15 Å². The fraction of sp³-hybridized carbons (Fsp3) is 0.188. The minimum atomic E-state index is -2.83. The molecule has 0 aliphatic carbocycles. The summed E-state index contributed by atoms with van der Waals surface area (Å²) < 4.78 is 37.8. The number of nitro groups is 1. The Kier molecular flexibility index (Phi) is 5.99. The molecule has 0 atom stereocenters. The summed E-state index contributed by atoms with van der Waals surface area (Å²) in [6.45, 7) is -0.0519. The van der Waals surface area contributed by atoms with Gasteiger partial charge in [-0.05, 0) is 24.5 Å². The molecular weight excluding hydrogens is 396 g/mol. The van der Waals surface area contributed by atoms with Gasteiger partial charge in [0.05, 0.1) is 11.1 Å².